The lowest BCUT2D eigenvalue weighted by molar-refractivity contribution is 0.0710. The Morgan fingerprint density at radius 1 is 1.23 bits per heavy atom. The Balaban J connectivity index is 2.24. The first-order valence-electron chi connectivity index (χ1n) is 5.32. The van der Waals surface area contributed by atoms with Crippen LogP contribution in [0.15, 0.2) is 0 Å². The first kappa shape index (κ1) is 11.0. The van der Waals surface area contributed by atoms with Gasteiger partial charge >= 0.3 is 0 Å². The lowest BCUT2D eigenvalue weighted by Crippen LogP contribution is -2.38. The molecule has 2 N–H and O–H groups in total. The molecule has 0 bridgehead atoms. The fourth-order valence-corrected chi connectivity index (χ4v) is 1.85. The lowest BCUT2D eigenvalue weighted by Gasteiger charge is -2.24. The van der Waals surface area contributed by atoms with Gasteiger partial charge in [-0.1, -0.05) is 12.8 Å². The number of methoxy groups -OCH3 is 1. The Labute approximate surface area is 81.2 Å². The van der Waals surface area contributed by atoms with E-state index in [1.165, 1.54) is 38.8 Å². The molecule has 0 aromatic heterocycles. The van der Waals surface area contributed by atoms with Crippen molar-refractivity contribution in [2.45, 2.75) is 31.8 Å². The van der Waals surface area contributed by atoms with E-state index in [1.807, 2.05) is 0 Å². The Morgan fingerprint density at radius 3 is 2.31 bits per heavy atom. The lowest BCUT2D eigenvalue weighted by atomic mass is 10.2. The van der Waals surface area contributed by atoms with Gasteiger partial charge in [-0.05, 0) is 25.9 Å². The molecule has 0 spiro atoms. The summed E-state index contributed by atoms with van der Waals surface area (Å²) in [4.78, 5) is 2.48. The standard InChI is InChI=1S/C10H22N2O/c1-13-10(8-11)9-12-6-4-2-3-5-7-12/h10H,2-9,11H2,1H3. The van der Waals surface area contributed by atoms with Crippen molar-refractivity contribution < 1.29 is 4.74 Å². The van der Waals surface area contributed by atoms with Crippen molar-refractivity contribution in [2.24, 2.45) is 5.73 Å². The Kier molecular flexibility index (Phi) is 5.35. The van der Waals surface area contributed by atoms with Gasteiger partial charge < -0.3 is 15.4 Å². The predicted octanol–water partition coefficient (Wildman–Crippen LogP) is 0.836. The smallest absolute Gasteiger partial charge is 0.0820 e. The zero-order valence-corrected chi connectivity index (χ0v) is 8.67. The first-order valence-corrected chi connectivity index (χ1v) is 5.32. The van der Waals surface area contributed by atoms with Crippen molar-refractivity contribution in [1.29, 1.82) is 0 Å². The van der Waals surface area contributed by atoms with Gasteiger partial charge in [-0.2, -0.15) is 0 Å². The van der Waals surface area contributed by atoms with Gasteiger partial charge in [-0.15, -0.1) is 0 Å². The van der Waals surface area contributed by atoms with Crippen LogP contribution in [-0.2, 0) is 4.74 Å². The number of nitrogens with zero attached hydrogens (tertiary/aromatic N) is 1. The summed E-state index contributed by atoms with van der Waals surface area (Å²) in [5, 5.41) is 0. The van der Waals surface area contributed by atoms with Gasteiger partial charge in [0.25, 0.3) is 0 Å². The summed E-state index contributed by atoms with van der Waals surface area (Å²) >= 11 is 0. The number of likely N-dealkylation sites (tertiary alicyclic amines) is 1. The van der Waals surface area contributed by atoms with E-state index in [2.05, 4.69) is 4.90 Å². The molecule has 1 unspecified atom stereocenters. The third-order valence-corrected chi connectivity index (χ3v) is 2.76. The normalized spacial score (nSPS) is 22.6. The maximum Gasteiger partial charge on any atom is 0.0820 e. The highest BCUT2D eigenvalue weighted by Gasteiger charge is 2.13. The van der Waals surface area contributed by atoms with Gasteiger partial charge in [-0.3, -0.25) is 0 Å². The predicted molar refractivity (Wildman–Crippen MR) is 54.8 cm³/mol. The van der Waals surface area contributed by atoms with E-state index in [-0.39, 0.29) is 6.10 Å². The van der Waals surface area contributed by atoms with Gasteiger partial charge in [0.1, 0.15) is 0 Å². The highest BCUT2D eigenvalue weighted by atomic mass is 16.5. The number of rotatable bonds is 4. The molecule has 0 radical (unpaired) electrons. The molecular formula is C10H22N2O. The summed E-state index contributed by atoms with van der Waals surface area (Å²) in [5.74, 6) is 0. The number of hydrogen-bond acceptors (Lipinski definition) is 3. The van der Waals surface area contributed by atoms with E-state index in [0.29, 0.717) is 6.54 Å². The summed E-state index contributed by atoms with van der Waals surface area (Å²) in [6, 6.07) is 0. The van der Waals surface area contributed by atoms with Gasteiger partial charge in [0.2, 0.25) is 0 Å². The van der Waals surface area contributed by atoms with Crippen LogP contribution in [0.1, 0.15) is 25.7 Å². The first-order chi connectivity index (χ1) is 6.36. The van der Waals surface area contributed by atoms with Crippen LogP contribution in [-0.4, -0.2) is 44.3 Å². The van der Waals surface area contributed by atoms with E-state index in [0.717, 1.165) is 6.54 Å². The average molecular weight is 186 g/mol. The van der Waals surface area contributed by atoms with Crippen LogP contribution >= 0.6 is 0 Å². The van der Waals surface area contributed by atoms with E-state index in [9.17, 15) is 0 Å². The van der Waals surface area contributed by atoms with Crippen LogP contribution in [0.4, 0.5) is 0 Å². The maximum atomic E-state index is 5.59. The average Bonchev–Trinajstić information content (AvgIpc) is 2.42. The fraction of sp³-hybridized carbons (Fsp3) is 1.00. The molecule has 1 rings (SSSR count). The van der Waals surface area contributed by atoms with E-state index < -0.39 is 0 Å². The molecule has 1 aliphatic rings. The summed E-state index contributed by atoms with van der Waals surface area (Å²) in [7, 11) is 1.75. The monoisotopic (exact) mass is 186 g/mol. The van der Waals surface area contributed by atoms with Crippen molar-refractivity contribution in [1.82, 2.24) is 4.90 Å². The molecule has 0 aliphatic carbocycles. The fourth-order valence-electron chi connectivity index (χ4n) is 1.85. The molecular weight excluding hydrogens is 164 g/mol. The van der Waals surface area contributed by atoms with E-state index in [4.69, 9.17) is 10.5 Å². The molecule has 1 aliphatic heterocycles. The van der Waals surface area contributed by atoms with Crippen LogP contribution in [0.3, 0.4) is 0 Å². The zero-order chi connectivity index (χ0) is 9.52. The Hall–Kier alpha value is -0.120. The summed E-state index contributed by atoms with van der Waals surface area (Å²) in [6.45, 7) is 4.08. The Bertz CT molecular complexity index is 118. The summed E-state index contributed by atoms with van der Waals surface area (Å²) in [5.41, 5.74) is 5.59. The molecule has 1 fully saturated rings. The minimum atomic E-state index is 0.220. The van der Waals surface area contributed by atoms with Crippen molar-refractivity contribution in [2.75, 3.05) is 33.3 Å². The van der Waals surface area contributed by atoms with Crippen LogP contribution in [0, 0.1) is 0 Å². The van der Waals surface area contributed by atoms with Crippen LogP contribution in [0.25, 0.3) is 0 Å². The van der Waals surface area contributed by atoms with Gasteiger partial charge in [0, 0.05) is 20.2 Å². The quantitative estimate of drug-likeness (QED) is 0.707. The molecule has 0 aromatic rings. The third-order valence-electron chi connectivity index (χ3n) is 2.76. The molecule has 3 nitrogen and oxygen atoms in total. The van der Waals surface area contributed by atoms with Crippen LogP contribution in [0.5, 0.6) is 0 Å². The molecule has 1 saturated heterocycles. The van der Waals surface area contributed by atoms with Crippen molar-refractivity contribution in [3.05, 3.63) is 0 Å². The largest absolute Gasteiger partial charge is 0.379 e. The van der Waals surface area contributed by atoms with Gasteiger partial charge in [0.05, 0.1) is 6.10 Å². The van der Waals surface area contributed by atoms with Crippen LogP contribution in [0.2, 0.25) is 0 Å². The Morgan fingerprint density at radius 2 is 1.85 bits per heavy atom. The molecule has 3 heteroatoms. The second-order valence-corrected chi connectivity index (χ2v) is 3.81. The van der Waals surface area contributed by atoms with E-state index >= 15 is 0 Å². The molecule has 1 atom stereocenters. The molecule has 0 saturated carbocycles. The number of nitrogens with two attached hydrogens (primary N) is 1. The van der Waals surface area contributed by atoms with Crippen LogP contribution < -0.4 is 5.73 Å². The number of ether oxygens (including phenoxy) is 1. The minimum absolute atomic E-state index is 0.220. The van der Waals surface area contributed by atoms with E-state index in [1.54, 1.807) is 7.11 Å². The zero-order valence-electron chi connectivity index (χ0n) is 8.67. The highest BCUT2D eigenvalue weighted by Crippen LogP contribution is 2.10. The van der Waals surface area contributed by atoms with Crippen molar-refractivity contribution in [3.63, 3.8) is 0 Å². The number of hydrogen-bond donors (Lipinski definition) is 1. The van der Waals surface area contributed by atoms with Gasteiger partial charge in [0.15, 0.2) is 0 Å². The third kappa shape index (κ3) is 4.07. The minimum Gasteiger partial charge on any atom is -0.379 e. The topological polar surface area (TPSA) is 38.5 Å². The molecule has 0 amide bonds. The van der Waals surface area contributed by atoms with Gasteiger partial charge in [-0.25, -0.2) is 0 Å². The summed E-state index contributed by atoms with van der Waals surface area (Å²) < 4.78 is 5.28. The summed E-state index contributed by atoms with van der Waals surface area (Å²) in [6.07, 6.45) is 5.66. The second kappa shape index (κ2) is 6.35. The van der Waals surface area contributed by atoms with Crippen molar-refractivity contribution >= 4 is 0 Å². The maximum absolute atomic E-state index is 5.59. The molecule has 13 heavy (non-hydrogen) atoms. The molecule has 1 heterocycles. The SMILES string of the molecule is COC(CN)CN1CCCCCC1. The highest BCUT2D eigenvalue weighted by molar-refractivity contribution is 4.69. The second-order valence-electron chi connectivity index (χ2n) is 3.81. The van der Waals surface area contributed by atoms with Crippen molar-refractivity contribution in [3.8, 4) is 0 Å². The molecule has 78 valence electrons. The molecule has 0 aromatic carbocycles.